The summed E-state index contributed by atoms with van der Waals surface area (Å²) in [4.78, 5) is 15.0. The molecule has 0 saturated carbocycles. The molecule has 23 heavy (non-hydrogen) atoms. The fourth-order valence-electron chi connectivity index (χ4n) is 2.17. The van der Waals surface area contributed by atoms with Gasteiger partial charge in [-0.3, -0.25) is 4.79 Å². The quantitative estimate of drug-likeness (QED) is 0.757. The van der Waals surface area contributed by atoms with Gasteiger partial charge in [0.2, 0.25) is 5.91 Å². The number of benzene rings is 1. The Balaban J connectivity index is 1.54. The van der Waals surface area contributed by atoms with Crippen LogP contribution in [-0.2, 0) is 11.3 Å². The number of hydrogen-bond acceptors (Lipinski definition) is 4. The fraction of sp³-hybridized carbons (Fsp3) is 0.176. The molecule has 0 aliphatic heterocycles. The van der Waals surface area contributed by atoms with Crippen molar-refractivity contribution in [2.24, 2.45) is 0 Å². The molecule has 2 aromatic heterocycles. The number of para-hydroxylation sites is 1. The van der Waals surface area contributed by atoms with Gasteiger partial charge in [0.25, 0.3) is 0 Å². The minimum absolute atomic E-state index is 0.0349. The Labute approximate surface area is 139 Å². The summed E-state index contributed by atoms with van der Waals surface area (Å²) in [5.74, 6) is 0.722. The molecule has 0 aliphatic rings. The molecule has 0 radical (unpaired) electrons. The van der Waals surface area contributed by atoms with Gasteiger partial charge in [0.1, 0.15) is 5.82 Å². The zero-order valence-corrected chi connectivity index (χ0v) is 13.7. The zero-order valence-electron chi connectivity index (χ0n) is 12.8. The molecular formula is C17H18N4OS. The highest BCUT2D eigenvalue weighted by molar-refractivity contribution is 7.09. The lowest BCUT2D eigenvalue weighted by molar-refractivity contribution is -0.128. The summed E-state index contributed by atoms with van der Waals surface area (Å²) in [6, 6.07) is 15.7. The van der Waals surface area contributed by atoms with Crippen LogP contribution in [0.25, 0.3) is 5.69 Å². The molecule has 0 unspecified atom stereocenters. The predicted molar refractivity (Wildman–Crippen MR) is 92.8 cm³/mol. The second-order valence-corrected chi connectivity index (χ2v) is 6.20. The lowest BCUT2D eigenvalue weighted by Gasteiger charge is -2.16. The average molecular weight is 326 g/mol. The van der Waals surface area contributed by atoms with Gasteiger partial charge >= 0.3 is 0 Å². The first-order valence-electron chi connectivity index (χ1n) is 7.34. The molecule has 0 saturated heterocycles. The van der Waals surface area contributed by atoms with Gasteiger partial charge in [0, 0.05) is 24.2 Å². The molecule has 1 N–H and O–H groups in total. The first-order chi connectivity index (χ1) is 11.2. The molecule has 118 valence electrons. The van der Waals surface area contributed by atoms with Crippen molar-refractivity contribution in [3.63, 3.8) is 0 Å². The van der Waals surface area contributed by atoms with Gasteiger partial charge in [-0.05, 0) is 23.6 Å². The molecule has 0 bridgehead atoms. The minimum atomic E-state index is 0.0349. The van der Waals surface area contributed by atoms with E-state index < -0.39 is 0 Å². The van der Waals surface area contributed by atoms with E-state index in [2.05, 4.69) is 10.4 Å². The van der Waals surface area contributed by atoms with Crippen molar-refractivity contribution >= 4 is 23.1 Å². The van der Waals surface area contributed by atoms with E-state index in [0.717, 1.165) is 5.69 Å². The van der Waals surface area contributed by atoms with E-state index in [0.29, 0.717) is 12.4 Å². The first-order valence-corrected chi connectivity index (χ1v) is 8.21. The number of amides is 1. The number of rotatable bonds is 6. The second-order valence-electron chi connectivity index (χ2n) is 5.16. The highest BCUT2D eigenvalue weighted by atomic mass is 32.1. The van der Waals surface area contributed by atoms with Crippen LogP contribution in [0.3, 0.4) is 0 Å². The maximum Gasteiger partial charge on any atom is 0.241 e. The fourth-order valence-corrected chi connectivity index (χ4v) is 2.93. The largest absolute Gasteiger partial charge is 0.360 e. The summed E-state index contributed by atoms with van der Waals surface area (Å²) in [7, 11) is 1.81. The van der Waals surface area contributed by atoms with Crippen molar-refractivity contribution < 1.29 is 4.79 Å². The zero-order chi connectivity index (χ0) is 16.1. The summed E-state index contributed by atoms with van der Waals surface area (Å²) in [6.45, 7) is 0.865. The normalized spacial score (nSPS) is 10.5. The van der Waals surface area contributed by atoms with E-state index in [1.807, 2.05) is 67.2 Å². The van der Waals surface area contributed by atoms with Crippen LogP contribution < -0.4 is 5.32 Å². The van der Waals surface area contributed by atoms with Crippen LogP contribution in [0, 0.1) is 0 Å². The Bertz CT molecular complexity index is 752. The maximum absolute atomic E-state index is 12.2. The van der Waals surface area contributed by atoms with E-state index in [1.54, 1.807) is 20.9 Å². The number of nitrogens with one attached hydrogen (secondary N) is 1. The highest BCUT2D eigenvalue weighted by Gasteiger charge is 2.10. The Morgan fingerprint density at radius 3 is 2.78 bits per heavy atom. The minimum Gasteiger partial charge on any atom is -0.360 e. The number of aromatic nitrogens is 2. The van der Waals surface area contributed by atoms with Crippen molar-refractivity contribution in [2.45, 2.75) is 6.54 Å². The number of anilines is 1. The second kappa shape index (κ2) is 7.11. The maximum atomic E-state index is 12.2. The molecular weight excluding hydrogens is 308 g/mol. The van der Waals surface area contributed by atoms with Gasteiger partial charge in [-0.2, -0.15) is 5.10 Å². The Morgan fingerprint density at radius 2 is 2.04 bits per heavy atom. The van der Waals surface area contributed by atoms with E-state index in [4.69, 9.17) is 0 Å². The van der Waals surface area contributed by atoms with E-state index in [9.17, 15) is 4.79 Å². The van der Waals surface area contributed by atoms with Crippen LogP contribution in [0.15, 0.2) is 60.1 Å². The Morgan fingerprint density at radius 1 is 1.22 bits per heavy atom. The van der Waals surface area contributed by atoms with Gasteiger partial charge < -0.3 is 10.2 Å². The van der Waals surface area contributed by atoms with Gasteiger partial charge in [-0.25, -0.2) is 4.68 Å². The third-order valence-corrected chi connectivity index (χ3v) is 4.29. The van der Waals surface area contributed by atoms with Gasteiger partial charge in [-0.1, -0.05) is 24.3 Å². The number of hydrogen-bond donors (Lipinski definition) is 1. The van der Waals surface area contributed by atoms with Crippen LogP contribution in [-0.4, -0.2) is 34.2 Å². The van der Waals surface area contributed by atoms with Gasteiger partial charge in [0.05, 0.1) is 18.8 Å². The third-order valence-electron chi connectivity index (χ3n) is 3.43. The third kappa shape index (κ3) is 3.98. The standard InChI is InChI=1S/C17H18N4OS/c1-20(13-15-8-5-11-23-15)17(22)12-18-16-9-10-21(19-16)14-6-3-2-4-7-14/h2-11H,12-13H2,1H3,(H,18,19). The summed E-state index contributed by atoms with van der Waals surface area (Å²) in [5.41, 5.74) is 0.988. The van der Waals surface area contributed by atoms with Crippen LogP contribution >= 0.6 is 11.3 Å². The first kappa shape index (κ1) is 15.3. The number of thiophene rings is 1. The van der Waals surface area contributed by atoms with Crippen LogP contribution in [0.1, 0.15) is 4.88 Å². The summed E-state index contributed by atoms with van der Waals surface area (Å²) in [6.07, 6.45) is 1.87. The topological polar surface area (TPSA) is 50.2 Å². The summed E-state index contributed by atoms with van der Waals surface area (Å²) < 4.78 is 1.78. The SMILES string of the molecule is CN(Cc1cccs1)C(=O)CNc1ccn(-c2ccccc2)n1. The molecule has 0 atom stereocenters. The molecule has 6 heteroatoms. The lowest BCUT2D eigenvalue weighted by atomic mass is 10.3. The molecule has 0 spiro atoms. The monoisotopic (exact) mass is 326 g/mol. The Kier molecular flexibility index (Phi) is 4.73. The predicted octanol–water partition coefficient (Wildman–Crippen LogP) is 3.00. The number of carbonyl (C=O) groups is 1. The molecule has 3 rings (SSSR count). The Hall–Kier alpha value is -2.60. The molecule has 1 aromatic carbocycles. The molecule has 5 nitrogen and oxygen atoms in total. The number of likely N-dealkylation sites (N-methyl/N-ethyl adjacent to an activating group) is 1. The van der Waals surface area contributed by atoms with Crippen molar-refractivity contribution in [3.8, 4) is 5.69 Å². The average Bonchev–Trinajstić information content (AvgIpc) is 3.25. The molecule has 0 aliphatic carbocycles. The van der Waals surface area contributed by atoms with Crippen LogP contribution in [0.5, 0.6) is 0 Å². The highest BCUT2D eigenvalue weighted by Crippen LogP contribution is 2.12. The van der Waals surface area contributed by atoms with Crippen molar-refractivity contribution in [1.29, 1.82) is 0 Å². The van der Waals surface area contributed by atoms with Gasteiger partial charge in [0.15, 0.2) is 0 Å². The van der Waals surface area contributed by atoms with Crippen molar-refractivity contribution in [1.82, 2.24) is 14.7 Å². The van der Waals surface area contributed by atoms with E-state index in [1.165, 1.54) is 4.88 Å². The molecule has 2 heterocycles. The lowest BCUT2D eigenvalue weighted by Crippen LogP contribution is -2.31. The van der Waals surface area contributed by atoms with Crippen LogP contribution in [0.4, 0.5) is 5.82 Å². The smallest absolute Gasteiger partial charge is 0.241 e. The van der Waals surface area contributed by atoms with Crippen LogP contribution in [0.2, 0.25) is 0 Å². The number of nitrogens with zero attached hydrogens (tertiary/aromatic N) is 3. The van der Waals surface area contributed by atoms with Gasteiger partial charge in [-0.15, -0.1) is 11.3 Å². The number of carbonyl (C=O) groups excluding carboxylic acids is 1. The summed E-state index contributed by atoms with van der Waals surface area (Å²) >= 11 is 1.65. The summed E-state index contributed by atoms with van der Waals surface area (Å²) in [5, 5.41) is 9.52. The molecule has 1 amide bonds. The molecule has 0 fully saturated rings. The van der Waals surface area contributed by atoms with Crippen molar-refractivity contribution in [3.05, 3.63) is 65.0 Å². The molecule has 3 aromatic rings. The van der Waals surface area contributed by atoms with E-state index >= 15 is 0 Å². The van der Waals surface area contributed by atoms with Crippen molar-refractivity contribution in [2.75, 3.05) is 18.9 Å². The van der Waals surface area contributed by atoms with E-state index in [-0.39, 0.29) is 12.5 Å².